The fraction of sp³-hybridized carbons (Fsp3) is 0.273. The van der Waals surface area contributed by atoms with Crippen molar-refractivity contribution in [2.24, 2.45) is 5.92 Å². The number of hydrogen-bond donors (Lipinski definition) is 0. The van der Waals surface area contributed by atoms with Gasteiger partial charge in [-0.05, 0) is 37.8 Å². The van der Waals surface area contributed by atoms with Crippen molar-refractivity contribution < 1.29 is 4.79 Å². The van der Waals surface area contributed by atoms with Crippen molar-refractivity contribution in [3.8, 4) is 11.3 Å². The van der Waals surface area contributed by atoms with E-state index in [-0.39, 0.29) is 11.9 Å². The van der Waals surface area contributed by atoms with Gasteiger partial charge in [0, 0.05) is 24.0 Å². The maximum absolute atomic E-state index is 13.2. The number of para-hydroxylation sites is 1. The minimum absolute atomic E-state index is 0.0789. The van der Waals surface area contributed by atoms with Crippen LogP contribution in [0.1, 0.15) is 30.1 Å². The number of carbonyl (C=O) groups is 1. The summed E-state index contributed by atoms with van der Waals surface area (Å²) in [4.78, 5) is 19.9. The van der Waals surface area contributed by atoms with E-state index in [2.05, 4.69) is 6.92 Å². The second kappa shape index (κ2) is 6.32. The fourth-order valence-electron chi connectivity index (χ4n) is 3.38. The second-order valence-corrected chi connectivity index (χ2v) is 6.93. The topological polar surface area (TPSA) is 33.2 Å². The molecule has 1 heterocycles. The molecule has 3 aromatic rings. The summed E-state index contributed by atoms with van der Waals surface area (Å²) in [6, 6.07) is 20.1. The molecule has 3 nitrogen and oxygen atoms in total. The van der Waals surface area contributed by atoms with Crippen LogP contribution in [0.15, 0.2) is 60.7 Å². The van der Waals surface area contributed by atoms with Crippen LogP contribution in [-0.2, 0) is 0 Å². The molecule has 3 heteroatoms. The molecule has 25 heavy (non-hydrogen) atoms. The molecule has 0 spiro atoms. The normalized spacial score (nSPS) is 15.1. The lowest BCUT2D eigenvalue weighted by Gasteiger charge is -2.25. The molecule has 0 saturated heterocycles. The lowest BCUT2D eigenvalue weighted by Crippen LogP contribution is -2.36. The number of fused-ring (bicyclic) bond motifs is 1. The van der Waals surface area contributed by atoms with Crippen LogP contribution in [0.25, 0.3) is 22.2 Å². The summed E-state index contributed by atoms with van der Waals surface area (Å²) in [5.41, 5.74) is 3.47. The number of amides is 1. The third kappa shape index (κ3) is 3.02. The molecule has 1 aliphatic rings. The van der Waals surface area contributed by atoms with Crippen LogP contribution in [-0.4, -0.2) is 28.9 Å². The zero-order valence-corrected chi connectivity index (χ0v) is 14.6. The van der Waals surface area contributed by atoms with Gasteiger partial charge in [0.1, 0.15) is 0 Å². The number of rotatable bonds is 4. The molecule has 0 radical (unpaired) electrons. The van der Waals surface area contributed by atoms with Crippen LogP contribution in [0.2, 0.25) is 0 Å². The molecule has 126 valence electrons. The Morgan fingerprint density at radius 1 is 1.08 bits per heavy atom. The zero-order valence-electron chi connectivity index (χ0n) is 14.6. The van der Waals surface area contributed by atoms with E-state index in [4.69, 9.17) is 4.98 Å². The second-order valence-electron chi connectivity index (χ2n) is 6.93. The predicted octanol–water partition coefficient (Wildman–Crippen LogP) is 4.77. The Balaban J connectivity index is 1.82. The quantitative estimate of drug-likeness (QED) is 0.690. The Kier molecular flexibility index (Phi) is 4.00. The van der Waals surface area contributed by atoms with Gasteiger partial charge in [-0.25, -0.2) is 4.98 Å². The van der Waals surface area contributed by atoms with Crippen LogP contribution in [0.4, 0.5) is 0 Å². The van der Waals surface area contributed by atoms with Gasteiger partial charge in [0.15, 0.2) is 0 Å². The van der Waals surface area contributed by atoms with E-state index in [0.717, 1.165) is 27.7 Å². The van der Waals surface area contributed by atoms with Crippen molar-refractivity contribution in [3.63, 3.8) is 0 Å². The van der Waals surface area contributed by atoms with Gasteiger partial charge in [-0.3, -0.25) is 4.79 Å². The highest BCUT2D eigenvalue weighted by atomic mass is 16.2. The van der Waals surface area contributed by atoms with E-state index in [1.54, 1.807) is 0 Å². The lowest BCUT2D eigenvalue weighted by molar-refractivity contribution is 0.0729. The smallest absolute Gasteiger partial charge is 0.254 e. The molecule has 0 N–H and O–H groups in total. The summed E-state index contributed by atoms with van der Waals surface area (Å²) < 4.78 is 0. The maximum Gasteiger partial charge on any atom is 0.254 e. The lowest BCUT2D eigenvalue weighted by atomic mass is 10.0. The first-order valence-corrected chi connectivity index (χ1v) is 8.87. The highest BCUT2D eigenvalue weighted by molar-refractivity contribution is 6.07. The zero-order chi connectivity index (χ0) is 17.4. The molecule has 1 amide bonds. The first-order valence-electron chi connectivity index (χ1n) is 8.87. The Morgan fingerprint density at radius 3 is 2.48 bits per heavy atom. The number of benzene rings is 2. The minimum atomic E-state index is 0.0789. The minimum Gasteiger partial charge on any atom is -0.339 e. The van der Waals surface area contributed by atoms with Gasteiger partial charge in [-0.1, -0.05) is 48.5 Å². The van der Waals surface area contributed by atoms with E-state index in [1.807, 2.05) is 72.6 Å². The van der Waals surface area contributed by atoms with Gasteiger partial charge in [0.2, 0.25) is 0 Å². The van der Waals surface area contributed by atoms with Crippen molar-refractivity contribution in [2.75, 3.05) is 7.05 Å². The first kappa shape index (κ1) is 15.8. The van der Waals surface area contributed by atoms with Crippen molar-refractivity contribution in [1.29, 1.82) is 0 Å². The van der Waals surface area contributed by atoms with Crippen molar-refractivity contribution in [1.82, 2.24) is 9.88 Å². The van der Waals surface area contributed by atoms with Gasteiger partial charge in [-0.2, -0.15) is 0 Å². The largest absolute Gasteiger partial charge is 0.339 e. The average Bonchev–Trinajstić information content (AvgIpc) is 3.51. The summed E-state index contributed by atoms with van der Waals surface area (Å²) in [6.07, 6.45) is 2.45. The molecule has 1 saturated carbocycles. The molecule has 0 bridgehead atoms. The van der Waals surface area contributed by atoms with E-state index in [1.165, 1.54) is 12.8 Å². The summed E-state index contributed by atoms with van der Waals surface area (Å²) in [5.74, 6) is 0.728. The molecule has 2 aromatic carbocycles. The summed E-state index contributed by atoms with van der Waals surface area (Å²) >= 11 is 0. The fourth-order valence-corrected chi connectivity index (χ4v) is 3.38. The molecule has 1 aliphatic carbocycles. The summed E-state index contributed by atoms with van der Waals surface area (Å²) in [7, 11) is 1.92. The Bertz CT molecular complexity index is 916. The van der Waals surface area contributed by atoms with Gasteiger partial charge < -0.3 is 4.90 Å². The van der Waals surface area contributed by atoms with Crippen LogP contribution in [0, 0.1) is 5.92 Å². The molecule has 4 rings (SSSR count). The van der Waals surface area contributed by atoms with E-state index >= 15 is 0 Å². The van der Waals surface area contributed by atoms with Crippen molar-refractivity contribution in [3.05, 3.63) is 66.2 Å². The average molecular weight is 330 g/mol. The van der Waals surface area contributed by atoms with Crippen LogP contribution in [0.3, 0.4) is 0 Å². The molecular formula is C22H22N2O. The predicted molar refractivity (Wildman–Crippen MR) is 101 cm³/mol. The molecular weight excluding hydrogens is 308 g/mol. The third-order valence-electron chi connectivity index (χ3n) is 5.25. The van der Waals surface area contributed by atoms with Crippen molar-refractivity contribution in [2.45, 2.75) is 25.8 Å². The van der Waals surface area contributed by atoms with Crippen LogP contribution < -0.4 is 0 Å². The first-order chi connectivity index (χ1) is 12.1. The standard InChI is InChI=1S/C22H22N2O/c1-15(16-12-13-16)24(2)22(25)19-14-21(17-8-4-3-5-9-17)23-20-11-7-6-10-18(19)20/h3-11,14-16H,12-13H2,1-2H3. The monoisotopic (exact) mass is 330 g/mol. The van der Waals surface area contributed by atoms with Crippen LogP contribution >= 0.6 is 0 Å². The third-order valence-corrected chi connectivity index (χ3v) is 5.25. The number of nitrogens with zero attached hydrogens (tertiary/aromatic N) is 2. The highest BCUT2D eigenvalue weighted by Crippen LogP contribution is 2.35. The molecule has 1 unspecified atom stereocenters. The Hall–Kier alpha value is -2.68. The number of pyridine rings is 1. The summed E-state index contributed by atoms with van der Waals surface area (Å²) in [5, 5.41) is 0.919. The number of hydrogen-bond acceptors (Lipinski definition) is 2. The SMILES string of the molecule is CC(C1CC1)N(C)C(=O)c1cc(-c2ccccc2)nc2ccccc12. The van der Waals surface area contributed by atoms with Gasteiger partial charge in [0.05, 0.1) is 16.8 Å². The van der Waals surface area contributed by atoms with E-state index in [0.29, 0.717) is 5.92 Å². The Labute approximate surface area is 148 Å². The highest BCUT2D eigenvalue weighted by Gasteiger charge is 2.33. The van der Waals surface area contributed by atoms with Crippen molar-refractivity contribution >= 4 is 16.8 Å². The molecule has 0 aliphatic heterocycles. The molecule has 1 fully saturated rings. The van der Waals surface area contributed by atoms with Gasteiger partial charge >= 0.3 is 0 Å². The number of aromatic nitrogens is 1. The van der Waals surface area contributed by atoms with Crippen LogP contribution in [0.5, 0.6) is 0 Å². The van der Waals surface area contributed by atoms with E-state index in [9.17, 15) is 4.79 Å². The van der Waals surface area contributed by atoms with Gasteiger partial charge in [-0.15, -0.1) is 0 Å². The van der Waals surface area contributed by atoms with Gasteiger partial charge in [0.25, 0.3) is 5.91 Å². The van der Waals surface area contributed by atoms with E-state index < -0.39 is 0 Å². The maximum atomic E-state index is 13.2. The summed E-state index contributed by atoms with van der Waals surface area (Å²) in [6.45, 7) is 2.15. The number of carbonyl (C=O) groups excluding carboxylic acids is 1. The Morgan fingerprint density at radius 2 is 1.76 bits per heavy atom. The molecule has 1 atom stereocenters. The molecule has 1 aromatic heterocycles.